The van der Waals surface area contributed by atoms with Gasteiger partial charge in [0.15, 0.2) is 0 Å². The Balaban J connectivity index is 3.45. The summed E-state index contributed by atoms with van der Waals surface area (Å²) in [4.78, 5) is 20.2. The van der Waals surface area contributed by atoms with E-state index in [9.17, 15) is 9.59 Å². The third-order valence-corrected chi connectivity index (χ3v) is 1.17. The van der Waals surface area contributed by atoms with Crippen molar-refractivity contribution in [2.24, 2.45) is 0 Å². The molecule has 80 valence electrons. The third kappa shape index (κ3) is 7.45. The summed E-state index contributed by atoms with van der Waals surface area (Å²) in [5.74, 6) is -0.996. The third-order valence-electron chi connectivity index (χ3n) is 1.17. The van der Waals surface area contributed by atoms with Crippen LogP contribution in [0.2, 0.25) is 0 Å². The van der Waals surface area contributed by atoms with Crippen molar-refractivity contribution in [3.63, 3.8) is 0 Å². The topological polar surface area (TPSA) is 72.8 Å². The van der Waals surface area contributed by atoms with Crippen LogP contribution in [0.5, 0.6) is 0 Å². The van der Waals surface area contributed by atoms with Crippen molar-refractivity contribution >= 4 is 12.3 Å². The SMILES string of the molecule is C=C(C)COCC(O)COC(=O)C=O. The molecule has 0 bridgehead atoms. The number of hydrogen-bond acceptors (Lipinski definition) is 5. The standard InChI is InChI=1S/C9H14O5/c1-7(2)4-13-5-8(11)6-14-9(12)3-10/h3,8,11H,1,4-6H2,2H3. The molecule has 0 saturated carbocycles. The van der Waals surface area contributed by atoms with Crippen LogP contribution in [0, 0.1) is 0 Å². The zero-order valence-corrected chi connectivity index (χ0v) is 8.06. The van der Waals surface area contributed by atoms with Crippen LogP contribution >= 0.6 is 0 Å². The van der Waals surface area contributed by atoms with Gasteiger partial charge in [-0.3, -0.25) is 4.79 Å². The van der Waals surface area contributed by atoms with Crippen molar-refractivity contribution in [1.29, 1.82) is 0 Å². The van der Waals surface area contributed by atoms with Crippen LogP contribution in [0.4, 0.5) is 0 Å². The molecular weight excluding hydrogens is 188 g/mol. The first-order valence-corrected chi connectivity index (χ1v) is 4.08. The molecule has 1 atom stereocenters. The maximum Gasteiger partial charge on any atom is 0.371 e. The van der Waals surface area contributed by atoms with Crippen molar-refractivity contribution < 1.29 is 24.2 Å². The van der Waals surface area contributed by atoms with E-state index in [1.165, 1.54) is 0 Å². The van der Waals surface area contributed by atoms with Gasteiger partial charge in [0, 0.05) is 0 Å². The summed E-state index contributed by atoms with van der Waals surface area (Å²) in [5, 5.41) is 9.16. The summed E-state index contributed by atoms with van der Waals surface area (Å²) in [6, 6.07) is 0. The molecular formula is C9H14O5. The van der Waals surface area contributed by atoms with Crippen molar-refractivity contribution in [3.05, 3.63) is 12.2 Å². The number of aliphatic hydroxyl groups is 1. The van der Waals surface area contributed by atoms with E-state index in [1.807, 2.05) is 0 Å². The Hall–Kier alpha value is -1.20. The molecule has 0 aromatic carbocycles. The molecule has 0 aromatic rings. The second-order valence-electron chi connectivity index (χ2n) is 2.87. The molecule has 1 N–H and O–H groups in total. The monoisotopic (exact) mass is 202 g/mol. The quantitative estimate of drug-likeness (QED) is 0.265. The van der Waals surface area contributed by atoms with Gasteiger partial charge >= 0.3 is 5.97 Å². The predicted octanol–water partition coefficient (Wildman–Crippen LogP) is -0.318. The molecule has 0 radical (unpaired) electrons. The van der Waals surface area contributed by atoms with Crippen molar-refractivity contribution in [2.45, 2.75) is 13.0 Å². The minimum atomic E-state index is -0.996. The fourth-order valence-corrected chi connectivity index (χ4v) is 0.630. The molecule has 0 aromatic heterocycles. The first-order valence-electron chi connectivity index (χ1n) is 4.08. The molecule has 0 aliphatic carbocycles. The first kappa shape index (κ1) is 12.8. The molecule has 0 fully saturated rings. The summed E-state index contributed by atoms with van der Waals surface area (Å²) in [6.07, 6.45) is -0.875. The lowest BCUT2D eigenvalue weighted by atomic mass is 10.4. The molecule has 0 aliphatic heterocycles. The van der Waals surface area contributed by atoms with E-state index in [1.54, 1.807) is 6.92 Å². The van der Waals surface area contributed by atoms with Gasteiger partial charge in [-0.05, 0) is 6.92 Å². The molecule has 0 saturated heterocycles. The van der Waals surface area contributed by atoms with Crippen LogP contribution in [-0.4, -0.2) is 43.3 Å². The average molecular weight is 202 g/mol. The first-order chi connectivity index (χ1) is 6.56. The van der Waals surface area contributed by atoms with Crippen LogP contribution in [0.15, 0.2) is 12.2 Å². The van der Waals surface area contributed by atoms with E-state index >= 15 is 0 Å². The molecule has 1 unspecified atom stereocenters. The maximum atomic E-state index is 10.3. The van der Waals surface area contributed by atoms with E-state index < -0.39 is 12.1 Å². The van der Waals surface area contributed by atoms with Gasteiger partial charge in [-0.15, -0.1) is 0 Å². The van der Waals surface area contributed by atoms with Crippen molar-refractivity contribution in [1.82, 2.24) is 0 Å². The van der Waals surface area contributed by atoms with Crippen molar-refractivity contribution in [3.8, 4) is 0 Å². The molecule has 0 rings (SSSR count). The van der Waals surface area contributed by atoms with Gasteiger partial charge in [0.1, 0.15) is 12.7 Å². The number of ether oxygens (including phenoxy) is 2. The van der Waals surface area contributed by atoms with Gasteiger partial charge in [-0.25, -0.2) is 4.79 Å². The number of esters is 1. The fourth-order valence-electron chi connectivity index (χ4n) is 0.630. The average Bonchev–Trinajstić information content (AvgIpc) is 2.13. The summed E-state index contributed by atoms with van der Waals surface area (Å²) < 4.78 is 9.34. The number of hydrogen-bond donors (Lipinski definition) is 1. The summed E-state index contributed by atoms with van der Waals surface area (Å²) >= 11 is 0. The Morgan fingerprint density at radius 2 is 2.21 bits per heavy atom. The van der Waals surface area contributed by atoms with Gasteiger partial charge in [-0.1, -0.05) is 12.2 Å². The van der Waals surface area contributed by atoms with Crippen LogP contribution in [-0.2, 0) is 19.1 Å². The highest BCUT2D eigenvalue weighted by molar-refractivity contribution is 6.20. The zero-order chi connectivity index (χ0) is 11.0. The normalized spacial score (nSPS) is 11.9. The van der Waals surface area contributed by atoms with Crippen LogP contribution in [0.25, 0.3) is 0 Å². The summed E-state index contributed by atoms with van der Waals surface area (Å²) in [6.45, 7) is 5.54. The highest BCUT2D eigenvalue weighted by Gasteiger charge is 2.07. The van der Waals surface area contributed by atoms with Gasteiger partial charge in [-0.2, -0.15) is 0 Å². The maximum absolute atomic E-state index is 10.3. The highest BCUT2D eigenvalue weighted by atomic mass is 16.6. The summed E-state index contributed by atoms with van der Waals surface area (Å²) in [7, 11) is 0. The number of carbonyl (C=O) groups is 2. The number of rotatable bonds is 7. The Morgan fingerprint density at radius 1 is 1.57 bits per heavy atom. The largest absolute Gasteiger partial charge is 0.457 e. The van der Waals surface area contributed by atoms with E-state index in [0.717, 1.165) is 5.57 Å². The molecule has 5 nitrogen and oxygen atoms in total. The molecule has 14 heavy (non-hydrogen) atoms. The molecule has 0 amide bonds. The van der Waals surface area contributed by atoms with E-state index in [0.29, 0.717) is 6.61 Å². The zero-order valence-electron chi connectivity index (χ0n) is 8.06. The van der Waals surface area contributed by atoms with Crippen molar-refractivity contribution in [2.75, 3.05) is 19.8 Å². The minimum Gasteiger partial charge on any atom is -0.457 e. The van der Waals surface area contributed by atoms with Gasteiger partial charge in [0.05, 0.1) is 13.2 Å². The van der Waals surface area contributed by atoms with E-state index in [2.05, 4.69) is 11.3 Å². The van der Waals surface area contributed by atoms with E-state index in [4.69, 9.17) is 9.84 Å². The van der Waals surface area contributed by atoms with E-state index in [-0.39, 0.29) is 19.5 Å². The minimum absolute atomic E-state index is 0.0407. The number of aldehydes is 1. The molecule has 0 aliphatic rings. The van der Waals surface area contributed by atoms with Crippen LogP contribution in [0.3, 0.4) is 0 Å². The number of carbonyl (C=O) groups excluding carboxylic acids is 2. The lowest BCUT2D eigenvalue weighted by Crippen LogP contribution is -2.24. The highest BCUT2D eigenvalue weighted by Crippen LogP contribution is 1.92. The van der Waals surface area contributed by atoms with Crippen LogP contribution < -0.4 is 0 Å². The predicted molar refractivity (Wildman–Crippen MR) is 48.7 cm³/mol. The number of aliphatic hydroxyl groups excluding tert-OH is 1. The Morgan fingerprint density at radius 3 is 2.71 bits per heavy atom. The summed E-state index contributed by atoms with van der Waals surface area (Å²) in [5.41, 5.74) is 0.835. The lowest BCUT2D eigenvalue weighted by molar-refractivity contribution is -0.151. The van der Waals surface area contributed by atoms with Gasteiger partial charge in [0.25, 0.3) is 0 Å². The fraction of sp³-hybridized carbons (Fsp3) is 0.556. The molecule has 5 heteroatoms. The lowest BCUT2D eigenvalue weighted by Gasteiger charge is -2.10. The smallest absolute Gasteiger partial charge is 0.371 e. The Kier molecular flexibility index (Phi) is 6.61. The molecule has 0 spiro atoms. The van der Waals surface area contributed by atoms with Gasteiger partial charge in [0.2, 0.25) is 6.29 Å². The Labute approximate surface area is 82.3 Å². The Bertz CT molecular complexity index is 211. The second kappa shape index (κ2) is 7.23. The second-order valence-corrected chi connectivity index (χ2v) is 2.87. The van der Waals surface area contributed by atoms with Gasteiger partial charge < -0.3 is 14.6 Å². The molecule has 0 heterocycles. The van der Waals surface area contributed by atoms with Crippen LogP contribution in [0.1, 0.15) is 6.92 Å².